The van der Waals surface area contributed by atoms with Crippen LogP contribution in [0.4, 0.5) is 17.8 Å². The second kappa shape index (κ2) is 8.14. The van der Waals surface area contributed by atoms with Gasteiger partial charge in [0.15, 0.2) is 0 Å². The third kappa shape index (κ3) is 4.85. The van der Waals surface area contributed by atoms with E-state index >= 15 is 0 Å². The lowest BCUT2D eigenvalue weighted by Crippen LogP contribution is -2.10. The van der Waals surface area contributed by atoms with Crippen LogP contribution in [-0.2, 0) is 0 Å². The van der Waals surface area contributed by atoms with Crippen LogP contribution in [0.3, 0.4) is 0 Å². The van der Waals surface area contributed by atoms with Crippen molar-refractivity contribution in [2.75, 3.05) is 29.1 Å². The zero-order valence-corrected chi connectivity index (χ0v) is 13.2. The molecule has 0 saturated heterocycles. The van der Waals surface area contributed by atoms with Crippen molar-refractivity contribution in [1.29, 1.82) is 0 Å². The smallest absolute Gasteiger partial charge is 0.250 e. The first-order chi connectivity index (χ1) is 10.7. The van der Waals surface area contributed by atoms with E-state index in [-0.39, 0.29) is 0 Å². The molecule has 0 aliphatic rings. The van der Waals surface area contributed by atoms with Crippen LogP contribution in [0, 0.1) is 0 Å². The Bertz CT molecular complexity index is 621. The Balaban J connectivity index is 2.10. The minimum absolute atomic E-state index is 0.361. The van der Waals surface area contributed by atoms with Gasteiger partial charge in [-0.1, -0.05) is 23.7 Å². The molecule has 0 amide bonds. The lowest BCUT2D eigenvalue weighted by atomic mass is 10.2. The predicted molar refractivity (Wildman–Crippen MR) is 90.8 cm³/mol. The van der Waals surface area contributed by atoms with Gasteiger partial charge >= 0.3 is 0 Å². The molecular formula is C14H18ClN7. The fraction of sp³-hybridized carbons (Fsp3) is 0.286. The molecule has 0 fully saturated rings. The van der Waals surface area contributed by atoms with Crippen molar-refractivity contribution in [3.63, 3.8) is 0 Å². The monoisotopic (exact) mass is 319 g/mol. The molecule has 0 spiro atoms. The number of hydrazone groups is 1. The molecule has 1 heterocycles. The van der Waals surface area contributed by atoms with Crippen LogP contribution in [0.2, 0.25) is 5.02 Å². The molecule has 8 heteroatoms. The van der Waals surface area contributed by atoms with Crippen LogP contribution in [0.5, 0.6) is 0 Å². The van der Waals surface area contributed by atoms with E-state index in [1.165, 1.54) is 0 Å². The maximum atomic E-state index is 5.92. The van der Waals surface area contributed by atoms with Crippen LogP contribution in [0.25, 0.3) is 0 Å². The van der Waals surface area contributed by atoms with Gasteiger partial charge < -0.3 is 10.6 Å². The van der Waals surface area contributed by atoms with Gasteiger partial charge in [-0.3, -0.25) is 0 Å². The van der Waals surface area contributed by atoms with E-state index in [2.05, 4.69) is 36.1 Å². The minimum Gasteiger partial charge on any atom is -0.354 e. The van der Waals surface area contributed by atoms with Crippen LogP contribution in [0.15, 0.2) is 29.4 Å². The van der Waals surface area contributed by atoms with E-state index in [1.807, 2.05) is 38.1 Å². The van der Waals surface area contributed by atoms with Crippen molar-refractivity contribution in [1.82, 2.24) is 15.0 Å². The summed E-state index contributed by atoms with van der Waals surface area (Å²) >= 11 is 5.92. The molecule has 0 saturated carbocycles. The molecule has 116 valence electrons. The Morgan fingerprint density at radius 3 is 2.27 bits per heavy atom. The number of nitrogens with one attached hydrogen (secondary N) is 3. The van der Waals surface area contributed by atoms with Crippen molar-refractivity contribution in [3.05, 3.63) is 34.9 Å². The average molecular weight is 320 g/mol. The minimum atomic E-state index is 0.361. The SMILES string of the molecule is CCNc1nc(NCC)nc(N/N=C/c2cccc(Cl)c2)n1. The Labute approximate surface area is 134 Å². The molecule has 1 aromatic carbocycles. The number of halogens is 1. The highest BCUT2D eigenvalue weighted by Crippen LogP contribution is 2.10. The number of aromatic nitrogens is 3. The van der Waals surface area contributed by atoms with Gasteiger partial charge in [0.25, 0.3) is 0 Å². The van der Waals surface area contributed by atoms with E-state index in [4.69, 9.17) is 11.6 Å². The first-order valence-electron chi connectivity index (χ1n) is 6.99. The van der Waals surface area contributed by atoms with Crippen LogP contribution >= 0.6 is 11.6 Å². The highest BCUT2D eigenvalue weighted by atomic mass is 35.5. The highest BCUT2D eigenvalue weighted by molar-refractivity contribution is 6.30. The molecule has 0 atom stereocenters. The third-order valence-corrected chi connectivity index (χ3v) is 2.77. The average Bonchev–Trinajstić information content (AvgIpc) is 2.48. The fourth-order valence-electron chi connectivity index (χ4n) is 1.65. The Hall–Kier alpha value is -2.41. The topological polar surface area (TPSA) is 87.1 Å². The summed E-state index contributed by atoms with van der Waals surface area (Å²) in [5.74, 6) is 1.35. The molecule has 0 aliphatic carbocycles. The van der Waals surface area contributed by atoms with E-state index in [0.717, 1.165) is 18.7 Å². The number of nitrogens with zero attached hydrogens (tertiary/aromatic N) is 4. The van der Waals surface area contributed by atoms with E-state index in [0.29, 0.717) is 22.9 Å². The second-order valence-electron chi connectivity index (χ2n) is 4.29. The molecule has 1 aromatic heterocycles. The second-order valence-corrected chi connectivity index (χ2v) is 4.73. The van der Waals surface area contributed by atoms with E-state index in [1.54, 1.807) is 6.21 Å². The van der Waals surface area contributed by atoms with Gasteiger partial charge in [0, 0.05) is 18.1 Å². The maximum absolute atomic E-state index is 5.92. The first kappa shape index (κ1) is 16.0. The fourth-order valence-corrected chi connectivity index (χ4v) is 1.85. The molecule has 0 bridgehead atoms. The number of hydrogen-bond donors (Lipinski definition) is 3. The van der Waals surface area contributed by atoms with Crippen molar-refractivity contribution < 1.29 is 0 Å². The van der Waals surface area contributed by atoms with E-state index in [9.17, 15) is 0 Å². The summed E-state index contributed by atoms with van der Waals surface area (Å²) in [4.78, 5) is 12.7. The van der Waals surface area contributed by atoms with Gasteiger partial charge in [-0.05, 0) is 31.5 Å². The summed E-state index contributed by atoms with van der Waals surface area (Å²) in [7, 11) is 0. The molecule has 0 radical (unpaired) electrons. The standard InChI is InChI=1S/C14H18ClN7/c1-3-16-12-19-13(17-4-2)21-14(20-12)22-18-9-10-6-5-7-11(15)8-10/h5-9H,3-4H2,1-2H3,(H3,16,17,19,20,21,22)/b18-9+. The Kier molecular flexibility index (Phi) is 5.91. The van der Waals surface area contributed by atoms with Crippen LogP contribution in [-0.4, -0.2) is 34.3 Å². The van der Waals surface area contributed by atoms with Crippen LogP contribution in [0.1, 0.15) is 19.4 Å². The first-order valence-corrected chi connectivity index (χ1v) is 7.37. The van der Waals surface area contributed by atoms with Gasteiger partial charge in [0.05, 0.1) is 6.21 Å². The van der Waals surface area contributed by atoms with Crippen molar-refractivity contribution in [3.8, 4) is 0 Å². The van der Waals surface area contributed by atoms with Gasteiger partial charge in [0.2, 0.25) is 17.8 Å². The molecule has 2 rings (SSSR count). The largest absolute Gasteiger partial charge is 0.354 e. The summed E-state index contributed by atoms with van der Waals surface area (Å²) in [5.41, 5.74) is 3.68. The molecule has 2 aromatic rings. The summed E-state index contributed by atoms with van der Waals surface area (Å²) < 4.78 is 0. The number of hydrogen-bond acceptors (Lipinski definition) is 7. The zero-order chi connectivity index (χ0) is 15.8. The molecule has 0 unspecified atom stereocenters. The van der Waals surface area contributed by atoms with Gasteiger partial charge in [-0.15, -0.1) is 0 Å². The zero-order valence-electron chi connectivity index (χ0n) is 12.5. The lowest BCUT2D eigenvalue weighted by molar-refractivity contribution is 0.992. The number of rotatable bonds is 7. The quantitative estimate of drug-likeness (QED) is 0.537. The molecular weight excluding hydrogens is 302 g/mol. The Morgan fingerprint density at radius 1 is 1.05 bits per heavy atom. The lowest BCUT2D eigenvalue weighted by Gasteiger charge is -2.07. The Morgan fingerprint density at radius 2 is 1.68 bits per heavy atom. The summed E-state index contributed by atoms with van der Waals surface area (Å²) in [6.07, 6.45) is 1.65. The van der Waals surface area contributed by atoms with Gasteiger partial charge in [-0.2, -0.15) is 20.1 Å². The summed E-state index contributed by atoms with van der Waals surface area (Å²) in [5, 5.41) is 10.9. The normalized spacial score (nSPS) is 10.7. The highest BCUT2D eigenvalue weighted by Gasteiger charge is 2.04. The summed E-state index contributed by atoms with van der Waals surface area (Å²) in [6.45, 7) is 5.39. The van der Waals surface area contributed by atoms with Crippen molar-refractivity contribution in [2.24, 2.45) is 5.10 Å². The molecule has 3 N–H and O–H groups in total. The van der Waals surface area contributed by atoms with Gasteiger partial charge in [0.1, 0.15) is 0 Å². The maximum Gasteiger partial charge on any atom is 0.250 e. The third-order valence-electron chi connectivity index (χ3n) is 2.53. The predicted octanol–water partition coefficient (Wildman–Crippen LogP) is 2.83. The van der Waals surface area contributed by atoms with Crippen molar-refractivity contribution >= 4 is 35.7 Å². The van der Waals surface area contributed by atoms with Crippen LogP contribution < -0.4 is 16.1 Å². The molecule has 7 nitrogen and oxygen atoms in total. The molecule has 0 aliphatic heterocycles. The molecule has 22 heavy (non-hydrogen) atoms. The van der Waals surface area contributed by atoms with Crippen molar-refractivity contribution in [2.45, 2.75) is 13.8 Å². The van der Waals surface area contributed by atoms with Gasteiger partial charge in [-0.25, -0.2) is 5.43 Å². The summed E-state index contributed by atoms with van der Waals surface area (Å²) in [6, 6.07) is 7.38. The number of benzene rings is 1. The van der Waals surface area contributed by atoms with E-state index < -0.39 is 0 Å². The number of anilines is 3.